The second-order valence-corrected chi connectivity index (χ2v) is 6.32. The van der Waals surface area contributed by atoms with E-state index in [4.69, 9.17) is 0 Å². The number of carbonyl (C=O) groups is 2. The number of piperidine rings is 1. The molecule has 1 N–H and O–H groups in total. The third kappa shape index (κ3) is 4.56. The smallest absolute Gasteiger partial charge is 0.227 e. The fourth-order valence-corrected chi connectivity index (χ4v) is 2.97. The molecule has 1 aromatic carbocycles. The highest BCUT2D eigenvalue weighted by Crippen LogP contribution is 2.21. The summed E-state index contributed by atoms with van der Waals surface area (Å²) in [6.07, 6.45) is 2.97. The molecule has 1 aromatic rings. The zero-order valence-corrected chi connectivity index (χ0v) is 13.9. The number of halogens is 1. The van der Waals surface area contributed by atoms with E-state index in [-0.39, 0.29) is 17.7 Å². The van der Waals surface area contributed by atoms with Gasteiger partial charge in [0.1, 0.15) is 0 Å². The van der Waals surface area contributed by atoms with Gasteiger partial charge in [-0.25, -0.2) is 0 Å². The summed E-state index contributed by atoms with van der Waals surface area (Å²) in [5, 5.41) is 2.95. The van der Waals surface area contributed by atoms with E-state index in [2.05, 4.69) is 21.2 Å². The highest BCUT2D eigenvalue weighted by molar-refractivity contribution is 9.10. The van der Waals surface area contributed by atoms with Gasteiger partial charge in [0.15, 0.2) is 0 Å². The third-order valence-corrected chi connectivity index (χ3v) is 4.27. The van der Waals surface area contributed by atoms with Gasteiger partial charge in [0, 0.05) is 35.6 Å². The Kier molecular flexibility index (Phi) is 5.79. The number of benzene rings is 1. The summed E-state index contributed by atoms with van der Waals surface area (Å²) in [5.41, 5.74) is 0.805. The van der Waals surface area contributed by atoms with Crippen LogP contribution in [-0.2, 0) is 9.59 Å². The van der Waals surface area contributed by atoms with Gasteiger partial charge in [0.25, 0.3) is 0 Å². The van der Waals surface area contributed by atoms with Crippen LogP contribution in [0.2, 0.25) is 0 Å². The summed E-state index contributed by atoms with van der Waals surface area (Å²) in [5.74, 6) is 0.258. The Balaban J connectivity index is 1.84. The molecule has 0 aliphatic carbocycles. The molecule has 2 rings (SSSR count). The summed E-state index contributed by atoms with van der Waals surface area (Å²) in [4.78, 5) is 26.0. The van der Waals surface area contributed by atoms with Crippen molar-refractivity contribution in [3.8, 4) is 0 Å². The summed E-state index contributed by atoms with van der Waals surface area (Å²) < 4.78 is 0.945. The van der Waals surface area contributed by atoms with E-state index in [0.717, 1.165) is 29.4 Å². The fourth-order valence-electron chi connectivity index (χ4n) is 2.57. The van der Waals surface area contributed by atoms with Crippen molar-refractivity contribution >= 4 is 33.4 Å². The van der Waals surface area contributed by atoms with Crippen LogP contribution in [-0.4, -0.2) is 29.8 Å². The molecule has 1 aliphatic heterocycles. The largest absolute Gasteiger partial charge is 0.343 e. The lowest BCUT2D eigenvalue weighted by Crippen LogP contribution is -2.41. The van der Waals surface area contributed by atoms with E-state index in [1.54, 1.807) is 0 Å². The SMILES string of the molecule is CCCC(=O)N1CCC(C(=O)Nc2cccc(Br)c2)CC1. The summed E-state index contributed by atoms with van der Waals surface area (Å²) in [7, 11) is 0. The first-order valence-electron chi connectivity index (χ1n) is 7.44. The van der Waals surface area contributed by atoms with Crippen LogP contribution >= 0.6 is 15.9 Å². The molecule has 1 saturated heterocycles. The molecule has 0 radical (unpaired) electrons. The Bertz CT molecular complexity index is 511. The van der Waals surface area contributed by atoms with Crippen molar-refractivity contribution in [2.75, 3.05) is 18.4 Å². The van der Waals surface area contributed by atoms with Crippen LogP contribution in [0.1, 0.15) is 32.6 Å². The molecule has 0 spiro atoms. The summed E-state index contributed by atoms with van der Waals surface area (Å²) in [6.45, 7) is 3.39. The van der Waals surface area contributed by atoms with Crippen molar-refractivity contribution in [1.82, 2.24) is 4.90 Å². The number of rotatable bonds is 4. The Morgan fingerprint density at radius 1 is 1.33 bits per heavy atom. The van der Waals surface area contributed by atoms with Crippen molar-refractivity contribution < 1.29 is 9.59 Å². The molecular weight excluding hydrogens is 332 g/mol. The molecule has 0 aromatic heterocycles. The van der Waals surface area contributed by atoms with Crippen molar-refractivity contribution in [3.63, 3.8) is 0 Å². The van der Waals surface area contributed by atoms with Gasteiger partial charge in [-0.05, 0) is 37.5 Å². The lowest BCUT2D eigenvalue weighted by Gasteiger charge is -2.31. The second kappa shape index (κ2) is 7.59. The average molecular weight is 353 g/mol. The number of hydrogen-bond acceptors (Lipinski definition) is 2. The molecule has 21 heavy (non-hydrogen) atoms. The van der Waals surface area contributed by atoms with Crippen molar-refractivity contribution in [2.45, 2.75) is 32.6 Å². The normalized spacial score (nSPS) is 15.8. The molecule has 2 amide bonds. The van der Waals surface area contributed by atoms with Crippen LogP contribution in [0.3, 0.4) is 0 Å². The highest BCUT2D eigenvalue weighted by atomic mass is 79.9. The first kappa shape index (κ1) is 16.0. The Hall–Kier alpha value is -1.36. The van der Waals surface area contributed by atoms with Gasteiger partial charge in [-0.15, -0.1) is 0 Å². The fraction of sp³-hybridized carbons (Fsp3) is 0.500. The quantitative estimate of drug-likeness (QED) is 0.902. The maximum atomic E-state index is 12.3. The van der Waals surface area contributed by atoms with Crippen LogP contribution in [0.15, 0.2) is 28.7 Å². The van der Waals surface area contributed by atoms with Gasteiger partial charge in [0.2, 0.25) is 11.8 Å². The molecule has 5 heteroatoms. The molecule has 0 unspecified atom stereocenters. The monoisotopic (exact) mass is 352 g/mol. The van der Waals surface area contributed by atoms with Gasteiger partial charge in [0.05, 0.1) is 0 Å². The topological polar surface area (TPSA) is 49.4 Å². The van der Waals surface area contributed by atoms with Crippen LogP contribution in [0.25, 0.3) is 0 Å². The van der Waals surface area contributed by atoms with E-state index in [0.29, 0.717) is 19.5 Å². The molecule has 1 aliphatic rings. The standard InChI is InChI=1S/C16H21BrN2O2/c1-2-4-15(20)19-9-7-12(8-10-19)16(21)18-14-6-3-5-13(17)11-14/h3,5-6,11-12H,2,4,7-10H2,1H3,(H,18,21). The van der Waals surface area contributed by atoms with E-state index >= 15 is 0 Å². The zero-order chi connectivity index (χ0) is 15.2. The number of likely N-dealkylation sites (tertiary alicyclic amines) is 1. The number of nitrogens with zero attached hydrogens (tertiary/aromatic N) is 1. The summed E-state index contributed by atoms with van der Waals surface area (Å²) in [6, 6.07) is 7.58. The van der Waals surface area contributed by atoms with E-state index in [1.807, 2.05) is 36.1 Å². The molecule has 114 valence electrons. The van der Waals surface area contributed by atoms with Crippen molar-refractivity contribution in [1.29, 1.82) is 0 Å². The second-order valence-electron chi connectivity index (χ2n) is 5.40. The number of carbonyl (C=O) groups excluding carboxylic acids is 2. The molecule has 0 bridgehead atoms. The minimum Gasteiger partial charge on any atom is -0.343 e. The number of anilines is 1. The summed E-state index contributed by atoms with van der Waals surface area (Å²) >= 11 is 3.39. The molecule has 4 nitrogen and oxygen atoms in total. The van der Waals surface area contributed by atoms with Crippen LogP contribution in [0.4, 0.5) is 5.69 Å². The van der Waals surface area contributed by atoms with E-state index < -0.39 is 0 Å². The predicted octanol–water partition coefficient (Wildman–Crippen LogP) is 3.43. The molecule has 1 heterocycles. The van der Waals surface area contributed by atoms with Crippen molar-refractivity contribution in [3.05, 3.63) is 28.7 Å². The number of amides is 2. The van der Waals surface area contributed by atoms with Gasteiger partial charge in [-0.1, -0.05) is 28.9 Å². The lowest BCUT2D eigenvalue weighted by molar-refractivity contribution is -0.134. The van der Waals surface area contributed by atoms with Gasteiger partial charge < -0.3 is 10.2 Å². The zero-order valence-electron chi connectivity index (χ0n) is 12.3. The minimum absolute atomic E-state index is 0.00495. The Morgan fingerprint density at radius 3 is 2.67 bits per heavy atom. The number of nitrogens with one attached hydrogen (secondary N) is 1. The Morgan fingerprint density at radius 2 is 2.05 bits per heavy atom. The first-order valence-corrected chi connectivity index (χ1v) is 8.23. The number of hydrogen-bond donors (Lipinski definition) is 1. The lowest BCUT2D eigenvalue weighted by atomic mass is 9.95. The van der Waals surface area contributed by atoms with Gasteiger partial charge in [-0.2, -0.15) is 0 Å². The van der Waals surface area contributed by atoms with E-state index in [1.165, 1.54) is 0 Å². The predicted molar refractivity (Wildman–Crippen MR) is 87.0 cm³/mol. The molecular formula is C16H21BrN2O2. The molecule has 0 atom stereocenters. The van der Waals surface area contributed by atoms with Crippen LogP contribution in [0, 0.1) is 5.92 Å². The maximum absolute atomic E-state index is 12.3. The Labute approximate surface area is 134 Å². The highest BCUT2D eigenvalue weighted by Gasteiger charge is 2.26. The average Bonchev–Trinajstić information content (AvgIpc) is 2.47. The van der Waals surface area contributed by atoms with Crippen LogP contribution in [0.5, 0.6) is 0 Å². The van der Waals surface area contributed by atoms with Gasteiger partial charge >= 0.3 is 0 Å². The first-order chi connectivity index (χ1) is 10.1. The molecule has 0 saturated carbocycles. The van der Waals surface area contributed by atoms with Gasteiger partial charge in [-0.3, -0.25) is 9.59 Å². The van der Waals surface area contributed by atoms with Crippen molar-refractivity contribution in [2.24, 2.45) is 5.92 Å². The molecule has 1 fully saturated rings. The van der Waals surface area contributed by atoms with Crippen LogP contribution < -0.4 is 5.32 Å². The third-order valence-electron chi connectivity index (χ3n) is 3.77. The maximum Gasteiger partial charge on any atom is 0.227 e. The van der Waals surface area contributed by atoms with E-state index in [9.17, 15) is 9.59 Å². The minimum atomic E-state index is -0.00495.